The molecular formula is C12H18S2. The van der Waals surface area contributed by atoms with Crippen LogP contribution in [0.3, 0.4) is 0 Å². The fourth-order valence-corrected chi connectivity index (χ4v) is 2.36. The maximum atomic E-state index is 5.15. The highest BCUT2D eigenvalue weighted by atomic mass is 32.2. The van der Waals surface area contributed by atoms with Crippen LogP contribution < -0.4 is 0 Å². The Morgan fingerprint density at radius 1 is 0.714 bits per heavy atom. The van der Waals surface area contributed by atoms with E-state index in [0.29, 0.717) is 0 Å². The molecule has 0 radical (unpaired) electrons. The molecule has 0 amide bonds. The van der Waals surface area contributed by atoms with Gasteiger partial charge in [-0.1, -0.05) is 24.7 Å². The van der Waals surface area contributed by atoms with Gasteiger partial charge >= 0.3 is 0 Å². The van der Waals surface area contributed by atoms with Crippen LogP contribution in [-0.2, 0) is 0 Å². The van der Waals surface area contributed by atoms with Gasteiger partial charge in [0, 0.05) is 0 Å². The van der Waals surface area contributed by atoms with E-state index in [9.17, 15) is 0 Å². The van der Waals surface area contributed by atoms with Crippen molar-refractivity contribution in [2.45, 2.75) is 25.7 Å². The molecule has 0 saturated carbocycles. The van der Waals surface area contributed by atoms with Crippen molar-refractivity contribution in [2.75, 3.05) is 23.0 Å². The number of rotatable bonds is 9. The molecule has 2 heteroatoms. The van der Waals surface area contributed by atoms with Gasteiger partial charge in [0.25, 0.3) is 0 Å². The third-order valence-corrected chi connectivity index (χ3v) is 3.59. The predicted octanol–water partition coefficient (Wildman–Crippen LogP) is 3.28. The Morgan fingerprint density at radius 2 is 1.14 bits per heavy atom. The number of unbranched alkanes of at least 4 members (excludes halogenated alkanes) is 3. The third kappa shape index (κ3) is 11.8. The first kappa shape index (κ1) is 13.8. The van der Waals surface area contributed by atoms with E-state index in [1.54, 1.807) is 0 Å². The third-order valence-electron chi connectivity index (χ3n) is 1.70. The summed E-state index contributed by atoms with van der Waals surface area (Å²) in [5.74, 6) is 9.41. The van der Waals surface area contributed by atoms with Gasteiger partial charge in [0.1, 0.15) is 0 Å². The summed E-state index contributed by atoms with van der Waals surface area (Å²) in [4.78, 5) is 0. The molecule has 0 saturated heterocycles. The molecule has 14 heavy (non-hydrogen) atoms. The van der Waals surface area contributed by atoms with Crippen molar-refractivity contribution in [1.82, 2.24) is 0 Å². The zero-order valence-corrected chi connectivity index (χ0v) is 10.3. The highest BCUT2D eigenvalue weighted by molar-refractivity contribution is 7.99. The van der Waals surface area contributed by atoms with Crippen molar-refractivity contribution in [3.05, 3.63) is 0 Å². The van der Waals surface area contributed by atoms with Gasteiger partial charge in [0.05, 0.1) is 11.5 Å². The second kappa shape index (κ2) is 12.8. The lowest BCUT2D eigenvalue weighted by molar-refractivity contribution is 0.711. The average Bonchev–Trinajstić information content (AvgIpc) is 2.21. The molecule has 0 aromatic rings. The maximum absolute atomic E-state index is 5.15. The molecule has 0 unspecified atom stereocenters. The van der Waals surface area contributed by atoms with Gasteiger partial charge in [0.15, 0.2) is 0 Å². The highest BCUT2D eigenvalue weighted by Gasteiger charge is 1.91. The zero-order valence-electron chi connectivity index (χ0n) is 8.63. The van der Waals surface area contributed by atoms with Crippen molar-refractivity contribution in [2.24, 2.45) is 0 Å². The summed E-state index contributed by atoms with van der Waals surface area (Å²) < 4.78 is 0. The summed E-state index contributed by atoms with van der Waals surface area (Å²) in [6.45, 7) is 0. The molecule has 0 aliphatic rings. The van der Waals surface area contributed by atoms with E-state index in [2.05, 4.69) is 11.8 Å². The van der Waals surface area contributed by atoms with E-state index in [1.807, 2.05) is 23.5 Å². The first-order chi connectivity index (χ1) is 6.91. The van der Waals surface area contributed by atoms with E-state index < -0.39 is 0 Å². The van der Waals surface area contributed by atoms with Crippen molar-refractivity contribution >= 4 is 23.5 Å². The predicted molar refractivity (Wildman–Crippen MR) is 70.8 cm³/mol. The molecule has 0 aliphatic carbocycles. The van der Waals surface area contributed by atoms with E-state index in [1.165, 1.54) is 37.2 Å². The Labute approximate surface area is 97.0 Å². The quantitative estimate of drug-likeness (QED) is 0.437. The van der Waals surface area contributed by atoms with Crippen LogP contribution in [0.1, 0.15) is 25.7 Å². The molecule has 0 aromatic carbocycles. The van der Waals surface area contributed by atoms with Crippen LogP contribution in [0.15, 0.2) is 0 Å². The summed E-state index contributed by atoms with van der Waals surface area (Å²) >= 11 is 3.71. The van der Waals surface area contributed by atoms with Gasteiger partial charge in [-0.05, 0) is 24.3 Å². The summed E-state index contributed by atoms with van der Waals surface area (Å²) in [6, 6.07) is 0. The molecule has 78 valence electrons. The van der Waals surface area contributed by atoms with Gasteiger partial charge in [-0.2, -0.15) is 0 Å². The van der Waals surface area contributed by atoms with E-state index >= 15 is 0 Å². The molecule has 0 N–H and O–H groups in total. The van der Waals surface area contributed by atoms with E-state index in [4.69, 9.17) is 12.8 Å². The van der Waals surface area contributed by atoms with Crippen LogP contribution in [0.4, 0.5) is 0 Å². The Kier molecular flexibility index (Phi) is 12.7. The lowest BCUT2D eigenvalue weighted by Gasteiger charge is -1.99. The van der Waals surface area contributed by atoms with Crippen LogP contribution in [0, 0.1) is 24.7 Å². The Hall–Kier alpha value is -0.180. The minimum Gasteiger partial charge on any atom is -0.149 e. The topological polar surface area (TPSA) is 0 Å². The molecule has 0 heterocycles. The SMILES string of the molecule is C#CCSCCCCCCSCC#C. The van der Waals surface area contributed by atoms with Crippen LogP contribution >= 0.6 is 23.5 Å². The molecule has 0 fully saturated rings. The molecule has 0 spiro atoms. The minimum atomic E-state index is 0.859. The fourth-order valence-electron chi connectivity index (χ4n) is 1.02. The van der Waals surface area contributed by atoms with Gasteiger partial charge in [-0.3, -0.25) is 0 Å². The molecular weight excluding hydrogens is 208 g/mol. The lowest BCUT2D eigenvalue weighted by Crippen LogP contribution is -1.85. The van der Waals surface area contributed by atoms with Crippen LogP contribution in [-0.4, -0.2) is 23.0 Å². The van der Waals surface area contributed by atoms with Crippen molar-refractivity contribution < 1.29 is 0 Å². The minimum absolute atomic E-state index is 0.859. The highest BCUT2D eigenvalue weighted by Crippen LogP contribution is 2.09. The standard InChI is InChI=1S/C12H18S2/c1-3-9-13-11-7-5-6-8-12-14-10-4-2/h1-2H,5-12H2. The molecule has 0 rings (SSSR count). The molecule has 0 aromatic heterocycles. The lowest BCUT2D eigenvalue weighted by atomic mass is 10.2. The van der Waals surface area contributed by atoms with Gasteiger partial charge < -0.3 is 0 Å². The number of terminal acetylenes is 2. The largest absolute Gasteiger partial charge is 0.149 e. The van der Waals surface area contributed by atoms with E-state index in [-0.39, 0.29) is 0 Å². The molecule has 0 aliphatic heterocycles. The number of thioether (sulfide) groups is 2. The zero-order chi connectivity index (χ0) is 10.5. The number of hydrogen-bond donors (Lipinski definition) is 0. The Morgan fingerprint density at radius 3 is 1.50 bits per heavy atom. The van der Waals surface area contributed by atoms with Crippen LogP contribution in [0.5, 0.6) is 0 Å². The maximum Gasteiger partial charge on any atom is 0.0544 e. The Balaban J connectivity index is 2.86. The second-order valence-corrected chi connectivity index (χ2v) is 5.14. The van der Waals surface area contributed by atoms with Crippen LogP contribution in [0.2, 0.25) is 0 Å². The van der Waals surface area contributed by atoms with Crippen molar-refractivity contribution in [3.8, 4) is 24.7 Å². The van der Waals surface area contributed by atoms with Gasteiger partial charge in [-0.25, -0.2) is 0 Å². The van der Waals surface area contributed by atoms with E-state index in [0.717, 1.165) is 11.5 Å². The summed E-state index contributed by atoms with van der Waals surface area (Å²) in [5.41, 5.74) is 0. The summed E-state index contributed by atoms with van der Waals surface area (Å²) in [7, 11) is 0. The smallest absolute Gasteiger partial charge is 0.0544 e. The van der Waals surface area contributed by atoms with Gasteiger partial charge in [-0.15, -0.1) is 36.4 Å². The van der Waals surface area contributed by atoms with Crippen molar-refractivity contribution in [1.29, 1.82) is 0 Å². The average molecular weight is 226 g/mol. The first-order valence-electron chi connectivity index (χ1n) is 4.94. The first-order valence-corrected chi connectivity index (χ1v) is 7.25. The Bertz CT molecular complexity index is 163. The fraction of sp³-hybridized carbons (Fsp3) is 0.667. The molecule has 0 nitrogen and oxygen atoms in total. The van der Waals surface area contributed by atoms with Crippen molar-refractivity contribution in [3.63, 3.8) is 0 Å². The second-order valence-electron chi connectivity index (χ2n) is 2.93. The summed E-state index contributed by atoms with van der Waals surface area (Å²) in [5, 5.41) is 0. The molecule has 0 atom stereocenters. The normalized spacial score (nSPS) is 9.29. The monoisotopic (exact) mass is 226 g/mol. The molecule has 0 bridgehead atoms. The van der Waals surface area contributed by atoms with Crippen LogP contribution in [0.25, 0.3) is 0 Å². The summed E-state index contributed by atoms with van der Waals surface area (Å²) in [6.07, 6.45) is 15.5. The number of hydrogen-bond acceptors (Lipinski definition) is 2. The van der Waals surface area contributed by atoms with Gasteiger partial charge in [0.2, 0.25) is 0 Å².